The van der Waals surface area contributed by atoms with Crippen LogP contribution in [0.1, 0.15) is 0 Å². The molecule has 0 saturated heterocycles. The molecule has 0 heterocycles. The highest BCUT2D eigenvalue weighted by atomic mass is 35.5. The second kappa shape index (κ2) is 6.24. The van der Waals surface area contributed by atoms with Gasteiger partial charge in [0.05, 0.1) is 12.5 Å². The van der Waals surface area contributed by atoms with Crippen molar-refractivity contribution in [1.29, 1.82) is 0 Å². The summed E-state index contributed by atoms with van der Waals surface area (Å²) in [7, 11) is 0. The Labute approximate surface area is 86.4 Å². The molecule has 1 aromatic carbocycles. The molecule has 0 aliphatic rings. The van der Waals surface area contributed by atoms with Gasteiger partial charge in [0, 0.05) is 16.9 Å². The zero-order valence-electron chi connectivity index (χ0n) is 6.95. The Kier molecular flexibility index (Phi) is 5.20. The first-order valence-corrected chi connectivity index (χ1v) is 5.15. The van der Waals surface area contributed by atoms with Crippen LogP contribution in [0.5, 0.6) is 0 Å². The Bertz CT molecular complexity index is 232. The van der Waals surface area contributed by atoms with Gasteiger partial charge in [0.1, 0.15) is 6.17 Å². The van der Waals surface area contributed by atoms with Gasteiger partial charge in [0.15, 0.2) is 0 Å². The SMILES string of the molecule is FC(CCl)COSc1ccccc1. The third kappa shape index (κ3) is 4.50. The van der Waals surface area contributed by atoms with Gasteiger partial charge in [-0.15, -0.1) is 11.6 Å². The molecule has 0 fully saturated rings. The van der Waals surface area contributed by atoms with Gasteiger partial charge >= 0.3 is 0 Å². The van der Waals surface area contributed by atoms with Crippen molar-refractivity contribution in [2.45, 2.75) is 11.1 Å². The zero-order valence-corrected chi connectivity index (χ0v) is 8.52. The second-order valence-electron chi connectivity index (χ2n) is 2.43. The minimum absolute atomic E-state index is 0.0185. The van der Waals surface area contributed by atoms with Crippen LogP contribution >= 0.6 is 23.6 Å². The maximum absolute atomic E-state index is 12.6. The van der Waals surface area contributed by atoms with E-state index in [1.54, 1.807) is 0 Å². The number of alkyl halides is 2. The molecular weight excluding hydrogens is 211 g/mol. The highest BCUT2D eigenvalue weighted by Gasteiger charge is 2.04. The molecule has 13 heavy (non-hydrogen) atoms. The van der Waals surface area contributed by atoms with Crippen LogP contribution in [0.4, 0.5) is 4.39 Å². The molecule has 0 bridgehead atoms. The Hall–Kier alpha value is -0.250. The smallest absolute Gasteiger partial charge is 0.138 e. The van der Waals surface area contributed by atoms with Gasteiger partial charge in [-0.1, -0.05) is 18.2 Å². The van der Waals surface area contributed by atoms with E-state index in [0.29, 0.717) is 0 Å². The van der Waals surface area contributed by atoms with E-state index in [-0.39, 0.29) is 12.5 Å². The summed E-state index contributed by atoms with van der Waals surface area (Å²) in [6.07, 6.45) is -1.09. The Balaban J connectivity index is 2.20. The second-order valence-corrected chi connectivity index (χ2v) is 3.61. The van der Waals surface area contributed by atoms with Crippen molar-refractivity contribution in [2.24, 2.45) is 0 Å². The van der Waals surface area contributed by atoms with Gasteiger partial charge in [-0.05, 0) is 12.1 Å². The summed E-state index contributed by atoms with van der Waals surface area (Å²) in [6.45, 7) is 0.0308. The standard InChI is InChI=1S/C9H10ClFOS/c10-6-8(11)7-12-13-9-4-2-1-3-5-9/h1-5,8H,6-7H2. The molecule has 1 rings (SSSR count). The summed E-state index contributed by atoms with van der Waals surface area (Å²) >= 11 is 6.43. The molecule has 1 atom stereocenters. The Morgan fingerprint density at radius 2 is 2.08 bits per heavy atom. The molecule has 0 N–H and O–H groups in total. The van der Waals surface area contributed by atoms with Crippen LogP contribution in [0.25, 0.3) is 0 Å². The average Bonchev–Trinajstić information content (AvgIpc) is 2.19. The van der Waals surface area contributed by atoms with Crippen LogP contribution in [-0.2, 0) is 4.18 Å². The highest BCUT2D eigenvalue weighted by molar-refractivity contribution is 7.94. The fourth-order valence-electron chi connectivity index (χ4n) is 0.696. The minimum atomic E-state index is -1.09. The normalized spacial score (nSPS) is 12.8. The van der Waals surface area contributed by atoms with Crippen molar-refractivity contribution in [1.82, 2.24) is 0 Å². The van der Waals surface area contributed by atoms with Crippen molar-refractivity contribution in [3.8, 4) is 0 Å². The molecule has 0 aliphatic heterocycles. The van der Waals surface area contributed by atoms with Crippen molar-refractivity contribution in [3.05, 3.63) is 30.3 Å². The third-order valence-corrected chi connectivity index (χ3v) is 2.37. The Morgan fingerprint density at radius 3 is 2.69 bits per heavy atom. The van der Waals surface area contributed by atoms with Crippen LogP contribution in [-0.4, -0.2) is 18.7 Å². The number of hydrogen-bond donors (Lipinski definition) is 0. The molecule has 0 radical (unpaired) electrons. The molecule has 1 aromatic rings. The Morgan fingerprint density at radius 1 is 1.38 bits per heavy atom. The summed E-state index contributed by atoms with van der Waals surface area (Å²) in [6, 6.07) is 9.53. The van der Waals surface area contributed by atoms with Crippen LogP contribution in [0.3, 0.4) is 0 Å². The number of hydrogen-bond acceptors (Lipinski definition) is 2. The predicted molar refractivity (Wildman–Crippen MR) is 53.9 cm³/mol. The zero-order chi connectivity index (χ0) is 9.52. The third-order valence-electron chi connectivity index (χ3n) is 1.31. The lowest BCUT2D eigenvalue weighted by atomic mass is 10.4. The van der Waals surface area contributed by atoms with Crippen molar-refractivity contribution >= 4 is 23.6 Å². The van der Waals surface area contributed by atoms with E-state index >= 15 is 0 Å². The van der Waals surface area contributed by atoms with Crippen LogP contribution < -0.4 is 0 Å². The summed E-state index contributed by atoms with van der Waals surface area (Å²) in [5.74, 6) is -0.0185. The highest BCUT2D eigenvalue weighted by Crippen LogP contribution is 2.18. The van der Waals surface area contributed by atoms with E-state index in [9.17, 15) is 4.39 Å². The lowest BCUT2D eigenvalue weighted by molar-refractivity contribution is 0.238. The first-order valence-electron chi connectivity index (χ1n) is 3.87. The van der Waals surface area contributed by atoms with Crippen LogP contribution in [0, 0.1) is 0 Å². The van der Waals surface area contributed by atoms with E-state index in [1.165, 1.54) is 12.0 Å². The molecule has 0 aliphatic carbocycles. The molecule has 1 unspecified atom stereocenters. The number of rotatable bonds is 5. The van der Waals surface area contributed by atoms with E-state index in [0.717, 1.165) is 4.90 Å². The fourth-order valence-corrected chi connectivity index (χ4v) is 1.41. The maximum atomic E-state index is 12.6. The van der Waals surface area contributed by atoms with Gasteiger partial charge in [-0.25, -0.2) is 4.39 Å². The maximum Gasteiger partial charge on any atom is 0.138 e. The van der Waals surface area contributed by atoms with E-state index < -0.39 is 6.17 Å². The molecule has 0 saturated carbocycles. The topological polar surface area (TPSA) is 9.23 Å². The van der Waals surface area contributed by atoms with E-state index in [4.69, 9.17) is 15.8 Å². The predicted octanol–water partition coefficient (Wildman–Crippen LogP) is 3.29. The first kappa shape index (κ1) is 10.8. The first-order chi connectivity index (χ1) is 6.33. The summed E-state index contributed by atoms with van der Waals surface area (Å²) in [4.78, 5) is 0.962. The van der Waals surface area contributed by atoms with Crippen molar-refractivity contribution < 1.29 is 8.57 Å². The quantitative estimate of drug-likeness (QED) is 0.556. The monoisotopic (exact) mass is 220 g/mol. The largest absolute Gasteiger partial charge is 0.307 e. The van der Waals surface area contributed by atoms with Crippen molar-refractivity contribution in [3.63, 3.8) is 0 Å². The van der Waals surface area contributed by atoms with Crippen LogP contribution in [0.2, 0.25) is 0 Å². The molecular formula is C9H10ClFOS. The van der Waals surface area contributed by atoms with Gasteiger partial charge in [-0.3, -0.25) is 0 Å². The molecule has 0 spiro atoms. The van der Waals surface area contributed by atoms with Gasteiger partial charge in [0.2, 0.25) is 0 Å². The van der Waals surface area contributed by atoms with Gasteiger partial charge in [-0.2, -0.15) is 0 Å². The molecule has 72 valence electrons. The fraction of sp³-hybridized carbons (Fsp3) is 0.333. The molecule has 0 amide bonds. The lowest BCUT2D eigenvalue weighted by Gasteiger charge is -2.04. The molecule has 0 aromatic heterocycles. The summed E-state index contributed by atoms with van der Waals surface area (Å²) < 4.78 is 17.6. The van der Waals surface area contributed by atoms with Crippen LogP contribution in [0.15, 0.2) is 35.2 Å². The van der Waals surface area contributed by atoms with Gasteiger partial charge in [0.25, 0.3) is 0 Å². The number of halogens is 2. The van der Waals surface area contributed by atoms with E-state index in [1.807, 2.05) is 30.3 Å². The van der Waals surface area contributed by atoms with E-state index in [2.05, 4.69) is 0 Å². The number of benzene rings is 1. The minimum Gasteiger partial charge on any atom is -0.307 e. The lowest BCUT2D eigenvalue weighted by Crippen LogP contribution is -2.08. The summed E-state index contributed by atoms with van der Waals surface area (Å²) in [5.41, 5.74) is 0. The molecule has 4 heteroatoms. The average molecular weight is 221 g/mol. The van der Waals surface area contributed by atoms with Gasteiger partial charge < -0.3 is 4.18 Å². The summed E-state index contributed by atoms with van der Waals surface area (Å²) in [5, 5.41) is 0. The van der Waals surface area contributed by atoms with Crippen molar-refractivity contribution in [2.75, 3.05) is 12.5 Å². The molecule has 1 nitrogen and oxygen atoms in total.